The molecule has 0 bridgehead atoms. The van der Waals surface area contributed by atoms with Gasteiger partial charge in [-0.15, -0.1) is 6.58 Å². The van der Waals surface area contributed by atoms with Crippen molar-refractivity contribution in [1.82, 2.24) is 0 Å². The van der Waals surface area contributed by atoms with Crippen LogP contribution in [0.4, 0.5) is 4.70 Å². The van der Waals surface area contributed by atoms with Crippen LogP contribution in [0.2, 0.25) is 0 Å². The molecule has 128 valence electrons. The first-order valence-electron chi connectivity index (χ1n) is 9.07. The van der Waals surface area contributed by atoms with E-state index in [1.807, 2.05) is 6.08 Å². The molecule has 0 amide bonds. The van der Waals surface area contributed by atoms with Crippen LogP contribution in [0.25, 0.3) is 0 Å². The lowest BCUT2D eigenvalue weighted by atomic mass is 9.52. The van der Waals surface area contributed by atoms with Gasteiger partial charge >= 0.3 is 0 Å². The largest absolute Gasteiger partial charge is 0.385 e. The van der Waals surface area contributed by atoms with Gasteiger partial charge in [0.2, 0.25) is 0 Å². The Balaban J connectivity index is 0.00000156. The van der Waals surface area contributed by atoms with E-state index in [-0.39, 0.29) is 10.1 Å². The van der Waals surface area contributed by atoms with Crippen molar-refractivity contribution < 1.29 is 14.6 Å². The fourth-order valence-corrected chi connectivity index (χ4v) is 6.44. The third-order valence-corrected chi connectivity index (χ3v) is 7.75. The quantitative estimate of drug-likeness (QED) is 0.730. The number of fused-ring (bicyclic) bond motifs is 4. The van der Waals surface area contributed by atoms with Crippen LogP contribution in [0.5, 0.6) is 0 Å². The molecular formula is C20H29FO2. The van der Waals surface area contributed by atoms with Crippen LogP contribution in [0.15, 0.2) is 23.8 Å². The van der Waals surface area contributed by atoms with Crippen LogP contribution in [-0.4, -0.2) is 16.5 Å². The Morgan fingerprint density at radius 2 is 1.96 bits per heavy atom. The number of carbonyl (C=O) groups excluding carboxylic acids is 1. The Morgan fingerprint density at radius 3 is 2.70 bits per heavy atom. The maximum Gasteiger partial charge on any atom is 0.137 e. The summed E-state index contributed by atoms with van der Waals surface area (Å²) in [5.74, 6) is 2.49. The molecule has 2 nitrogen and oxygen atoms in total. The lowest BCUT2D eigenvalue weighted by Crippen LogP contribution is -2.50. The molecule has 4 rings (SSSR count). The first kappa shape index (κ1) is 16.9. The van der Waals surface area contributed by atoms with Gasteiger partial charge in [0.15, 0.2) is 0 Å². The smallest absolute Gasteiger partial charge is 0.137 e. The number of allylic oxidation sites excluding steroid dienone is 2. The number of carbonyl (C=O) groups is 1. The molecule has 0 aromatic heterocycles. The molecule has 3 heteroatoms. The summed E-state index contributed by atoms with van der Waals surface area (Å²) in [5, 5.41) is 11.0. The Hall–Kier alpha value is -0.960. The van der Waals surface area contributed by atoms with Crippen molar-refractivity contribution in [2.45, 2.75) is 70.3 Å². The van der Waals surface area contributed by atoms with Crippen molar-refractivity contribution in [3.05, 3.63) is 23.8 Å². The summed E-state index contributed by atoms with van der Waals surface area (Å²) in [7, 11) is 0. The molecule has 5 atom stereocenters. The molecule has 0 unspecified atom stereocenters. The second-order valence-electron chi connectivity index (χ2n) is 8.38. The first-order valence-corrected chi connectivity index (χ1v) is 9.07. The van der Waals surface area contributed by atoms with Crippen LogP contribution in [0.1, 0.15) is 64.7 Å². The normalized spacial score (nSPS) is 45.7. The first-order chi connectivity index (χ1) is 10.5. The summed E-state index contributed by atoms with van der Waals surface area (Å²) in [6, 6.07) is 0. The van der Waals surface area contributed by atoms with E-state index in [4.69, 9.17) is 0 Å². The average molecular weight is 320 g/mol. The molecule has 4 aliphatic rings. The summed E-state index contributed by atoms with van der Waals surface area (Å²) in [5.41, 5.74) is 2.48. The highest BCUT2D eigenvalue weighted by atomic mass is 19.0. The summed E-state index contributed by atoms with van der Waals surface area (Å²) < 4.78 is 0. The average Bonchev–Trinajstić information content (AvgIpc) is 2.79. The van der Waals surface area contributed by atoms with E-state index in [0.717, 1.165) is 50.9 Å². The molecule has 0 aromatic rings. The Bertz CT molecular complexity index is 566. The molecule has 0 aliphatic heterocycles. The summed E-state index contributed by atoms with van der Waals surface area (Å²) >= 11 is 0. The van der Waals surface area contributed by atoms with Crippen molar-refractivity contribution >= 4 is 5.78 Å². The zero-order chi connectivity index (χ0) is 15.5. The van der Waals surface area contributed by atoms with E-state index in [1.54, 1.807) is 5.57 Å². The maximum absolute atomic E-state index is 11.8. The summed E-state index contributed by atoms with van der Waals surface area (Å²) in [6.07, 6.45) is 11.0. The molecule has 2 fully saturated rings. The summed E-state index contributed by atoms with van der Waals surface area (Å²) in [6.45, 7) is 6.23. The summed E-state index contributed by atoms with van der Waals surface area (Å²) in [4.78, 5) is 11.8. The fraction of sp³-hybridized carbons (Fsp3) is 0.750. The number of rotatable bonds is 1. The SMILES string of the molecule is C=C[C@]1(O)CC[C@H]2[C@@H]3CCC4=C(CCC(=O)C4)[C@H]3CC[C@@]21C.F. The Kier molecular flexibility index (Phi) is 4.07. The molecule has 23 heavy (non-hydrogen) atoms. The predicted octanol–water partition coefficient (Wildman–Crippen LogP) is 4.34. The number of hydrogen-bond donors (Lipinski definition) is 1. The van der Waals surface area contributed by atoms with Gasteiger partial charge in [0, 0.05) is 18.3 Å². The van der Waals surface area contributed by atoms with E-state index in [1.165, 1.54) is 18.4 Å². The van der Waals surface area contributed by atoms with Gasteiger partial charge in [0.05, 0.1) is 5.60 Å². The van der Waals surface area contributed by atoms with E-state index in [9.17, 15) is 9.90 Å². The number of Topliss-reactive ketones (excluding diaryl/α,β-unsaturated/α-hetero) is 1. The molecule has 0 saturated heterocycles. The van der Waals surface area contributed by atoms with E-state index >= 15 is 0 Å². The van der Waals surface area contributed by atoms with Crippen molar-refractivity contribution in [2.75, 3.05) is 0 Å². The molecule has 0 aromatic carbocycles. The minimum atomic E-state index is -0.667. The van der Waals surface area contributed by atoms with E-state index in [0.29, 0.717) is 17.6 Å². The van der Waals surface area contributed by atoms with Crippen LogP contribution in [-0.2, 0) is 4.79 Å². The minimum Gasteiger partial charge on any atom is -0.385 e. The molecule has 0 heterocycles. The highest BCUT2D eigenvalue weighted by Gasteiger charge is 2.60. The molecular weight excluding hydrogens is 291 g/mol. The van der Waals surface area contributed by atoms with Crippen molar-refractivity contribution in [2.24, 2.45) is 23.2 Å². The predicted molar refractivity (Wildman–Crippen MR) is 89.8 cm³/mol. The second kappa shape index (κ2) is 5.54. The third-order valence-electron chi connectivity index (χ3n) is 7.75. The molecule has 1 N–H and O–H groups in total. The van der Waals surface area contributed by atoms with Crippen molar-refractivity contribution in [3.63, 3.8) is 0 Å². The van der Waals surface area contributed by atoms with Crippen molar-refractivity contribution in [3.8, 4) is 0 Å². The third kappa shape index (κ3) is 2.19. The molecule has 4 aliphatic carbocycles. The van der Waals surface area contributed by atoms with Gasteiger partial charge in [0.25, 0.3) is 0 Å². The minimum absolute atomic E-state index is 0. The zero-order valence-corrected chi connectivity index (χ0v) is 14.1. The maximum atomic E-state index is 11.8. The number of halogens is 1. The van der Waals surface area contributed by atoms with Gasteiger partial charge in [-0.2, -0.15) is 0 Å². The van der Waals surface area contributed by atoms with Crippen LogP contribution in [0, 0.1) is 23.2 Å². The van der Waals surface area contributed by atoms with Crippen LogP contribution < -0.4 is 0 Å². The lowest BCUT2D eigenvalue weighted by Gasteiger charge is -2.53. The van der Waals surface area contributed by atoms with Gasteiger partial charge in [-0.1, -0.05) is 24.1 Å². The molecule has 0 radical (unpaired) electrons. The van der Waals surface area contributed by atoms with Gasteiger partial charge in [-0.3, -0.25) is 9.50 Å². The molecule has 0 spiro atoms. The highest BCUT2D eigenvalue weighted by Crippen LogP contribution is 2.64. The number of aliphatic hydroxyl groups is 1. The second-order valence-corrected chi connectivity index (χ2v) is 8.38. The standard InChI is InChI=1S/C20H28O2.FH/c1-3-20(22)11-9-18-17-6-4-13-12-14(21)5-7-15(13)16(17)8-10-19(18,20)2;/h3,16-18,22H,1,4-12H2,2H3;1H/t16-,17-,18+,19+,20+;/m1./s1. The van der Waals surface area contributed by atoms with E-state index < -0.39 is 5.60 Å². The fourth-order valence-electron chi connectivity index (χ4n) is 6.44. The lowest BCUT2D eigenvalue weighted by molar-refractivity contribution is -0.119. The van der Waals surface area contributed by atoms with Crippen molar-refractivity contribution in [1.29, 1.82) is 0 Å². The van der Waals surface area contributed by atoms with Gasteiger partial charge in [-0.25, -0.2) is 0 Å². The number of hydrogen-bond acceptors (Lipinski definition) is 2. The van der Waals surface area contributed by atoms with E-state index in [2.05, 4.69) is 13.5 Å². The highest BCUT2D eigenvalue weighted by molar-refractivity contribution is 5.82. The Morgan fingerprint density at radius 1 is 1.17 bits per heavy atom. The van der Waals surface area contributed by atoms with Gasteiger partial charge < -0.3 is 5.11 Å². The monoisotopic (exact) mass is 320 g/mol. The number of ketones is 1. The Labute approximate surface area is 138 Å². The van der Waals surface area contributed by atoms with Crippen LogP contribution in [0.3, 0.4) is 0 Å². The van der Waals surface area contributed by atoms with Gasteiger partial charge in [-0.05, 0) is 62.7 Å². The van der Waals surface area contributed by atoms with Gasteiger partial charge in [0.1, 0.15) is 5.78 Å². The topological polar surface area (TPSA) is 37.3 Å². The zero-order valence-electron chi connectivity index (χ0n) is 14.1. The van der Waals surface area contributed by atoms with Crippen LogP contribution >= 0.6 is 0 Å². The molecule has 2 saturated carbocycles.